The molecule has 7 heteroatoms. The van der Waals surface area contributed by atoms with Crippen molar-refractivity contribution in [2.75, 3.05) is 0 Å². The summed E-state index contributed by atoms with van der Waals surface area (Å²) >= 11 is 1.57. The molecule has 0 saturated heterocycles. The minimum absolute atomic E-state index is 0.284. The van der Waals surface area contributed by atoms with E-state index >= 15 is 0 Å². The highest BCUT2D eigenvalue weighted by atomic mass is 32.1. The number of thiophene rings is 1. The molecule has 0 amide bonds. The second kappa shape index (κ2) is 5.16. The fraction of sp³-hybridized carbons (Fsp3) is 0.214. The predicted octanol–water partition coefficient (Wildman–Crippen LogP) is 3.62. The van der Waals surface area contributed by atoms with Crippen molar-refractivity contribution in [3.63, 3.8) is 0 Å². The molecule has 110 valence electrons. The van der Waals surface area contributed by atoms with E-state index in [1.54, 1.807) is 11.3 Å². The lowest BCUT2D eigenvalue weighted by molar-refractivity contribution is -0.137. The van der Waals surface area contributed by atoms with Crippen LogP contribution in [-0.2, 0) is 19.3 Å². The Labute approximate surface area is 122 Å². The lowest BCUT2D eigenvalue weighted by Crippen LogP contribution is -2.05. The van der Waals surface area contributed by atoms with E-state index in [1.807, 2.05) is 24.3 Å². The molecule has 0 unspecified atom stereocenters. The average Bonchev–Trinajstić information content (AvgIpc) is 3.04. The number of aromatic nitrogens is 2. The third kappa shape index (κ3) is 2.66. The van der Waals surface area contributed by atoms with Gasteiger partial charge >= 0.3 is 6.18 Å². The first kappa shape index (κ1) is 14.1. The maximum atomic E-state index is 12.6. The molecule has 3 aromatic rings. The van der Waals surface area contributed by atoms with Gasteiger partial charge in [0.05, 0.1) is 18.3 Å². The first-order valence-corrected chi connectivity index (χ1v) is 7.09. The third-order valence-corrected chi connectivity index (χ3v) is 4.48. The molecule has 0 aliphatic carbocycles. The van der Waals surface area contributed by atoms with Crippen molar-refractivity contribution in [3.8, 4) is 0 Å². The monoisotopic (exact) mass is 311 g/mol. The summed E-state index contributed by atoms with van der Waals surface area (Å²) in [6.45, 7) is 0.648. The third-order valence-electron chi connectivity index (χ3n) is 3.25. The van der Waals surface area contributed by atoms with Gasteiger partial charge in [-0.25, -0.2) is 0 Å². The van der Waals surface area contributed by atoms with Gasteiger partial charge < -0.3 is 5.73 Å². The number of hydrogen-bond acceptors (Lipinski definition) is 3. The first-order chi connectivity index (χ1) is 9.99. The van der Waals surface area contributed by atoms with Crippen LogP contribution in [0, 0.1) is 0 Å². The van der Waals surface area contributed by atoms with Gasteiger partial charge in [-0.3, -0.25) is 4.68 Å². The van der Waals surface area contributed by atoms with Crippen LogP contribution >= 0.6 is 11.3 Å². The Morgan fingerprint density at radius 3 is 2.67 bits per heavy atom. The van der Waals surface area contributed by atoms with Crippen LogP contribution in [-0.4, -0.2) is 9.78 Å². The van der Waals surface area contributed by atoms with Gasteiger partial charge in [-0.2, -0.15) is 18.3 Å². The van der Waals surface area contributed by atoms with E-state index < -0.39 is 11.7 Å². The number of benzene rings is 1. The highest BCUT2D eigenvalue weighted by Gasteiger charge is 2.32. The molecule has 0 spiro atoms. The van der Waals surface area contributed by atoms with Gasteiger partial charge in [0.15, 0.2) is 0 Å². The standard InChI is InChI=1S/C14H12F3N3S/c15-14(16,17)9-6-19-20(7-9)8-11-10-3-1-2-4-12(10)21-13(11)5-18/h1-4,6-7H,5,8,18H2. The maximum Gasteiger partial charge on any atom is 0.419 e. The maximum absolute atomic E-state index is 12.6. The van der Waals surface area contributed by atoms with Crippen LogP contribution in [0.4, 0.5) is 13.2 Å². The summed E-state index contributed by atoms with van der Waals surface area (Å²) in [4.78, 5) is 0.972. The molecule has 0 aliphatic heterocycles. The summed E-state index contributed by atoms with van der Waals surface area (Å²) in [6.07, 6.45) is -2.50. The lowest BCUT2D eigenvalue weighted by atomic mass is 10.1. The smallest absolute Gasteiger partial charge is 0.326 e. The van der Waals surface area contributed by atoms with Crippen molar-refractivity contribution >= 4 is 21.4 Å². The van der Waals surface area contributed by atoms with Crippen LogP contribution in [0.5, 0.6) is 0 Å². The average molecular weight is 311 g/mol. The second-order valence-electron chi connectivity index (χ2n) is 4.63. The van der Waals surface area contributed by atoms with Gasteiger partial charge in [0.1, 0.15) is 0 Å². The van der Waals surface area contributed by atoms with Crippen LogP contribution < -0.4 is 5.73 Å². The van der Waals surface area contributed by atoms with Crippen LogP contribution in [0.15, 0.2) is 36.7 Å². The zero-order chi connectivity index (χ0) is 15.0. The van der Waals surface area contributed by atoms with Gasteiger partial charge in [0, 0.05) is 22.3 Å². The van der Waals surface area contributed by atoms with Gasteiger partial charge in [-0.1, -0.05) is 18.2 Å². The van der Waals surface area contributed by atoms with Crippen LogP contribution in [0.25, 0.3) is 10.1 Å². The van der Waals surface area contributed by atoms with E-state index in [9.17, 15) is 13.2 Å². The van der Waals surface area contributed by atoms with Crippen molar-refractivity contribution in [2.24, 2.45) is 5.73 Å². The van der Waals surface area contributed by atoms with Crippen LogP contribution in [0.3, 0.4) is 0 Å². The number of nitrogens with two attached hydrogens (primary N) is 1. The quantitative estimate of drug-likeness (QED) is 0.803. The van der Waals surface area contributed by atoms with E-state index in [2.05, 4.69) is 5.10 Å². The predicted molar refractivity (Wildman–Crippen MR) is 76.0 cm³/mol. The molecule has 21 heavy (non-hydrogen) atoms. The van der Waals surface area contributed by atoms with Gasteiger partial charge in [-0.15, -0.1) is 11.3 Å². The number of rotatable bonds is 3. The minimum atomic E-state index is -4.37. The zero-order valence-corrected chi connectivity index (χ0v) is 11.7. The molecule has 2 aromatic heterocycles. The molecule has 0 bridgehead atoms. The van der Waals surface area contributed by atoms with E-state index in [-0.39, 0.29) is 6.54 Å². The largest absolute Gasteiger partial charge is 0.419 e. The normalized spacial score (nSPS) is 12.2. The Morgan fingerprint density at radius 2 is 2.00 bits per heavy atom. The Kier molecular flexibility index (Phi) is 3.46. The Morgan fingerprint density at radius 1 is 1.24 bits per heavy atom. The van der Waals surface area contributed by atoms with E-state index in [4.69, 9.17) is 5.73 Å². The summed E-state index contributed by atoms with van der Waals surface area (Å²) < 4.78 is 40.2. The molecule has 1 aromatic carbocycles. The van der Waals surface area contributed by atoms with E-state index in [1.165, 1.54) is 4.68 Å². The number of fused-ring (bicyclic) bond motifs is 1. The summed E-state index contributed by atoms with van der Waals surface area (Å²) in [7, 11) is 0. The summed E-state index contributed by atoms with van der Waals surface area (Å²) in [6, 6.07) is 7.77. The molecule has 0 atom stereocenters. The first-order valence-electron chi connectivity index (χ1n) is 6.28. The molecule has 0 aliphatic rings. The van der Waals surface area contributed by atoms with Gasteiger partial charge in [0.2, 0.25) is 0 Å². The fourth-order valence-electron chi connectivity index (χ4n) is 2.25. The highest BCUT2D eigenvalue weighted by Crippen LogP contribution is 2.32. The molecule has 3 rings (SSSR count). The molecule has 0 radical (unpaired) electrons. The fourth-order valence-corrected chi connectivity index (χ4v) is 3.34. The molecule has 2 heterocycles. The summed E-state index contributed by atoms with van der Waals surface area (Å²) in [5, 5.41) is 4.82. The highest BCUT2D eigenvalue weighted by molar-refractivity contribution is 7.19. The SMILES string of the molecule is NCc1sc2ccccc2c1Cn1cc(C(F)(F)F)cn1. The van der Waals surface area contributed by atoms with Crippen molar-refractivity contribution in [2.45, 2.75) is 19.3 Å². The van der Waals surface area contributed by atoms with Crippen molar-refractivity contribution in [1.82, 2.24) is 9.78 Å². The number of alkyl halides is 3. The van der Waals surface area contributed by atoms with Gasteiger partial charge in [-0.05, 0) is 17.0 Å². The molecule has 3 nitrogen and oxygen atoms in total. The van der Waals surface area contributed by atoms with Crippen molar-refractivity contribution in [3.05, 3.63) is 52.7 Å². The number of nitrogens with zero attached hydrogens (tertiary/aromatic N) is 2. The molecule has 0 saturated carbocycles. The Balaban J connectivity index is 1.99. The van der Waals surface area contributed by atoms with Crippen molar-refractivity contribution in [1.29, 1.82) is 0 Å². The van der Waals surface area contributed by atoms with Gasteiger partial charge in [0.25, 0.3) is 0 Å². The second-order valence-corrected chi connectivity index (χ2v) is 5.77. The summed E-state index contributed by atoms with van der Waals surface area (Å²) in [5.41, 5.74) is 5.94. The summed E-state index contributed by atoms with van der Waals surface area (Å²) in [5.74, 6) is 0. The molecule has 0 fully saturated rings. The number of hydrogen-bond donors (Lipinski definition) is 1. The zero-order valence-electron chi connectivity index (χ0n) is 10.9. The topological polar surface area (TPSA) is 43.8 Å². The lowest BCUT2D eigenvalue weighted by Gasteiger charge is -2.04. The van der Waals surface area contributed by atoms with E-state index in [0.717, 1.165) is 32.9 Å². The van der Waals surface area contributed by atoms with Crippen molar-refractivity contribution < 1.29 is 13.2 Å². The minimum Gasteiger partial charge on any atom is -0.326 e. The van der Waals surface area contributed by atoms with Crippen LogP contribution in [0.1, 0.15) is 16.0 Å². The Hall–Kier alpha value is -1.86. The Bertz CT molecular complexity index is 773. The number of halogens is 3. The molecular formula is C14H12F3N3S. The molecular weight excluding hydrogens is 299 g/mol. The van der Waals surface area contributed by atoms with Crippen LogP contribution in [0.2, 0.25) is 0 Å². The van der Waals surface area contributed by atoms with E-state index in [0.29, 0.717) is 6.54 Å². The molecule has 2 N–H and O–H groups in total.